The van der Waals surface area contributed by atoms with Crippen LogP contribution in [0.3, 0.4) is 0 Å². The number of hydrogen-bond acceptors (Lipinski definition) is 2. The van der Waals surface area contributed by atoms with E-state index in [2.05, 4.69) is 10.1 Å². The van der Waals surface area contributed by atoms with Gasteiger partial charge >= 0.3 is 0 Å². The summed E-state index contributed by atoms with van der Waals surface area (Å²) in [6.07, 6.45) is 0.646. The van der Waals surface area contributed by atoms with Crippen LogP contribution >= 0.6 is 11.6 Å². The third kappa shape index (κ3) is 1.98. The molecule has 0 unspecified atom stereocenters. The van der Waals surface area contributed by atoms with Gasteiger partial charge in [-0.05, 0) is 31.2 Å². The van der Waals surface area contributed by atoms with Crippen LogP contribution in [0.5, 0.6) is 0 Å². The van der Waals surface area contributed by atoms with Crippen molar-refractivity contribution in [3.8, 4) is 5.69 Å². The molecule has 0 aliphatic heterocycles. The van der Waals surface area contributed by atoms with Crippen LogP contribution in [0, 0.1) is 12.7 Å². The minimum absolute atomic E-state index is 0.259. The number of alkyl halides is 1. The largest absolute Gasteiger partial charge is 0.281 e. The fourth-order valence-corrected chi connectivity index (χ4v) is 2.60. The minimum atomic E-state index is -0.259. The lowest BCUT2D eigenvalue weighted by molar-refractivity contribution is 0.627. The first-order valence-corrected chi connectivity index (χ1v) is 6.88. The Hall–Kier alpha value is -1.88. The topological polar surface area (TPSA) is 35.6 Å². The van der Waals surface area contributed by atoms with Crippen molar-refractivity contribution in [3.05, 3.63) is 41.6 Å². The van der Waals surface area contributed by atoms with Gasteiger partial charge in [0.15, 0.2) is 5.65 Å². The van der Waals surface area contributed by atoms with Crippen LogP contribution in [0.1, 0.15) is 11.5 Å². The molecule has 4 nitrogen and oxygen atoms in total. The molecule has 0 aliphatic rings. The van der Waals surface area contributed by atoms with Gasteiger partial charge in [-0.25, -0.2) is 14.1 Å². The lowest BCUT2D eigenvalue weighted by atomic mass is 10.3. The van der Waals surface area contributed by atoms with E-state index in [-0.39, 0.29) is 5.82 Å². The summed E-state index contributed by atoms with van der Waals surface area (Å²) in [5, 5.41) is 4.38. The summed E-state index contributed by atoms with van der Waals surface area (Å²) in [6, 6.07) is 6.34. The Morgan fingerprint density at radius 2 is 1.95 bits per heavy atom. The molecule has 0 spiro atoms. The Labute approximate surface area is 120 Å². The Morgan fingerprint density at radius 1 is 1.25 bits per heavy atom. The number of rotatable bonds is 3. The van der Waals surface area contributed by atoms with Gasteiger partial charge in [-0.3, -0.25) is 4.57 Å². The Balaban J connectivity index is 2.30. The van der Waals surface area contributed by atoms with Gasteiger partial charge in [0.25, 0.3) is 0 Å². The number of aromatic nitrogens is 4. The maximum Gasteiger partial charge on any atom is 0.163 e. The molecule has 0 saturated heterocycles. The molecule has 0 amide bonds. The van der Waals surface area contributed by atoms with Crippen LogP contribution in [0.25, 0.3) is 16.9 Å². The molecular formula is C14H14ClFN4. The maximum atomic E-state index is 13.1. The molecule has 2 aromatic heterocycles. The first kappa shape index (κ1) is 13.1. The lowest BCUT2D eigenvalue weighted by Gasteiger charge is -2.09. The number of fused-ring (bicyclic) bond motifs is 1. The number of hydrogen-bond donors (Lipinski definition) is 0. The van der Waals surface area contributed by atoms with E-state index >= 15 is 0 Å². The van der Waals surface area contributed by atoms with E-state index in [0.717, 1.165) is 28.4 Å². The maximum absolute atomic E-state index is 13.1. The number of halogens is 2. The SMILES string of the molecule is Cc1nn(C)c2c1nc(CCCl)n2-c1ccc(F)cc1. The molecule has 0 aliphatic carbocycles. The van der Waals surface area contributed by atoms with Crippen molar-refractivity contribution in [2.75, 3.05) is 5.88 Å². The highest BCUT2D eigenvalue weighted by molar-refractivity contribution is 6.17. The third-order valence-electron chi connectivity index (χ3n) is 3.27. The van der Waals surface area contributed by atoms with Crippen molar-refractivity contribution in [2.45, 2.75) is 13.3 Å². The summed E-state index contributed by atoms with van der Waals surface area (Å²) in [5.74, 6) is 1.08. The van der Waals surface area contributed by atoms with Gasteiger partial charge in [0.05, 0.1) is 5.69 Å². The summed E-state index contributed by atoms with van der Waals surface area (Å²) >= 11 is 5.86. The lowest BCUT2D eigenvalue weighted by Crippen LogP contribution is -2.06. The summed E-state index contributed by atoms with van der Waals surface area (Å²) in [5.41, 5.74) is 3.49. The fourth-order valence-electron chi connectivity index (χ4n) is 2.43. The highest BCUT2D eigenvalue weighted by atomic mass is 35.5. The zero-order valence-electron chi connectivity index (χ0n) is 11.3. The standard InChI is InChI=1S/C14H14ClFN4/c1-9-13-14(19(2)18-9)20(12(17-13)7-8-15)11-5-3-10(16)4-6-11/h3-6H,7-8H2,1-2H3. The van der Waals surface area contributed by atoms with Crippen molar-refractivity contribution in [1.82, 2.24) is 19.3 Å². The summed E-state index contributed by atoms with van der Waals surface area (Å²) in [7, 11) is 1.88. The van der Waals surface area contributed by atoms with Crippen molar-refractivity contribution in [1.29, 1.82) is 0 Å². The molecule has 6 heteroatoms. The zero-order chi connectivity index (χ0) is 14.3. The molecule has 0 fully saturated rings. The van der Waals surface area contributed by atoms with Crippen molar-refractivity contribution < 1.29 is 4.39 Å². The number of nitrogens with zero attached hydrogens (tertiary/aromatic N) is 4. The molecule has 0 N–H and O–H groups in total. The Morgan fingerprint density at radius 3 is 2.60 bits per heavy atom. The van der Waals surface area contributed by atoms with Crippen LogP contribution in [0.2, 0.25) is 0 Å². The number of imidazole rings is 1. The molecule has 0 bridgehead atoms. The average Bonchev–Trinajstić information content (AvgIpc) is 2.91. The predicted molar refractivity (Wildman–Crippen MR) is 77.0 cm³/mol. The minimum Gasteiger partial charge on any atom is -0.281 e. The first-order chi connectivity index (χ1) is 9.61. The fraction of sp³-hybridized carbons (Fsp3) is 0.286. The van der Waals surface area contributed by atoms with E-state index in [0.29, 0.717) is 12.3 Å². The molecule has 1 aromatic carbocycles. The van der Waals surface area contributed by atoms with Gasteiger partial charge in [0, 0.05) is 25.0 Å². The summed E-state index contributed by atoms with van der Waals surface area (Å²) in [6.45, 7) is 1.93. The number of aryl methyl sites for hydroxylation is 3. The smallest absolute Gasteiger partial charge is 0.163 e. The van der Waals surface area contributed by atoms with Crippen molar-refractivity contribution >= 4 is 22.8 Å². The molecule has 104 valence electrons. The highest BCUT2D eigenvalue weighted by Gasteiger charge is 2.18. The third-order valence-corrected chi connectivity index (χ3v) is 3.46. The van der Waals surface area contributed by atoms with Gasteiger partial charge in [-0.1, -0.05) is 0 Å². The van der Waals surface area contributed by atoms with Crippen molar-refractivity contribution in [2.24, 2.45) is 7.05 Å². The van der Waals surface area contributed by atoms with E-state index in [1.54, 1.807) is 16.8 Å². The molecule has 0 saturated carbocycles. The average molecular weight is 293 g/mol. The van der Waals surface area contributed by atoms with E-state index in [1.807, 2.05) is 18.5 Å². The van der Waals surface area contributed by atoms with Gasteiger partial charge < -0.3 is 0 Å². The van der Waals surface area contributed by atoms with Gasteiger partial charge in [0.2, 0.25) is 0 Å². The number of benzene rings is 1. The van der Waals surface area contributed by atoms with Crippen LogP contribution in [0.15, 0.2) is 24.3 Å². The van der Waals surface area contributed by atoms with Gasteiger partial charge in [-0.2, -0.15) is 5.10 Å². The molecular weight excluding hydrogens is 279 g/mol. The van der Waals surface area contributed by atoms with Crippen LogP contribution < -0.4 is 0 Å². The quantitative estimate of drug-likeness (QED) is 0.696. The zero-order valence-corrected chi connectivity index (χ0v) is 12.0. The van der Waals surface area contributed by atoms with E-state index in [4.69, 9.17) is 11.6 Å². The molecule has 3 aromatic rings. The van der Waals surface area contributed by atoms with E-state index in [9.17, 15) is 4.39 Å². The summed E-state index contributed by atoms with van der Waals surface area (Å²) in [4.78, 5) is 4.62. The monoisotopic (exact) mass is 292 g/mol. The Bertz CT molecular complexity index is 758. The van der Waals surface area contributed by atoms with Crippen LogP contribution in [0.4, 0.5) is 4.39 Å². The second-order valence-corrected chi connectivity index (χ2v) is 5.04. The normalized spacial score (nSPS) is 11.4. The van der Waals surface area contributed by atoms with E-state index < -0.39 is 0 Å². The molecule has 0 atom stereocenters. The van der Waals surface area contributed by atoms with Crippen LogP contribution in [-0.4, -0.2) is 25.2 Å². The molecule has 20 heavy (non-hydrogen) atoms. The van der Waals surface area contributed by atoms with Crippen LogP contribution in [-0.2, 0) is 13.5 Å². The second-order valence-electron chi connectivity index (χ2n) is 4.66. The van der Waals surface area contributed by atoms with Gasteiger partial charge in [0.1, 0.15) is 17.2 Å². The molecule has 3 rings (SSSR count). The van der Waals surface area contributed by atoms with E-state index in [1.165, 1.54) is 12.1 Å². The second kappa shape index (κ2) is 4.90. The predicted octanol–water partition coefficient (Wildman–Crippen LogP) is 2.99. The first-order valence-electron chi connectivity index (χ1n) is 6.34. The van der Waals surface area contributed by atoms with Gasteiger partial charge in [-0.15, -0.1) is 11.6 Å². The van der Waals surface area contributed by atoms with Crippen molar-refractivity contribution in [3.63, 3.8) is 0 Å². The molecule has 2 heterocycles. The molecule has 0 radical (unpaired) electrons. The Kier molecular flexibility index (Phi) is 3.22. The highest BCUT2D eigenvalue weighted by Crippen LogP contribution is 2.24. The summed E-state index contributed by atoms with van der Waals surface area (Å²) < 4.78 is 16.9.